The van der Waals surface area contributed by atoms with Gasteiger partial charge in [-0.15, -0.1) is 11.8 Å². The van der Waals surface area contributed by atoms with Crippen LogP contribution in [0.4, 0.5) is 0 Å². The van der Waals surface area contributed by atoms with Gasteiger partial charge in [0.1, 0.15) is 0 Å². The van der Waals surface area contributed by atoms with Gasteiger partial charge in [-0.1, -0.05) is 48.5 Å². The van der Waals surface area contributed by atoms with Crippen molar-refractivity contribution in [2.75, 3.05) is 25.9 Å². The summed E-state index contributed by atoms with van der Waals surface area (Å²) < 4.78 is 0. The van der Waals surface area contributed by atoms with Gasteiger partial charge in [0.25, 0.3) is 0 Å². The Balaban J connectivity index is 1.31. The first kappa shape index (κ1) is 20.9. The molecule has 1 N–H and O–H groups in total. The molecule has 0 saturated carbocycles. The topological polar surface area (TPSA) is 32.3 Å². The van der Waals surface area contributed by atoms with E-state index in [2.05, 4.69) is 65.0 Å². The van der Waals surface area contributed by atoms with Crippen LogP contribution in [0.15, 0.2) is 59.5 Å². The molecule has 1 aliphatic rings. The van der Waals surface area contributed by atoms with E-state index in [0.29, 0.717) is 12.3 Å². The van der Waals surface area contributed by atoms with E-state index in [0.717, 1.165) is 39.0 Å². The van der Waals surface area contributed by atoms with E-state index in [-0.39, 0.29) is 5.91 Å². The molecule has 1 heterocycles. The summed E-state index contributed by atoms with van der Waals surface area (Å²) in [6.45, 7) is 4.11. The number of thioether (sulfide) groups is 1. The van der Waals surface area contributed by atoms with Crippen molar-refractivity contribution in [3.8, 4) is 0 Å². The summed E-state index contributed by atoms with van der Waals surface area (Å²) in [6, 6.07) is 19.1. The SMILES string of the molecule is CSc1ccccc1CN1CCC(CNC(=O)CCCc2ccccc2)CC1. The maximum absolute atomic E-state index is 12.1. The summed E-state index contributed by atoms with van der Waals surface area (Å²) >= 11 is 1.83. The van der Waals surface area contributed by atoms with E-state index in [1.165, 1.54) is 28.9 Å². The highest BCUT2D eigenvalue weighted by atomic mass is 32.2. The van der Waals surface area contributed by atoms with Gasteiger partial charge in [-0.25, -0.2) is 0 Å². The highest BCUT2D eigenvalue weighted by molar-refractivity contribution is 7.98. The van der Waals surface area contributed by atoms with Crippen LogP contribution < -0.4 is 5.32 Å². The molecule has 0 aliphatic carbocycles. The van der Waals surface area contributed by atoms with Crippen molar-refractivity contribution in [1.29, 1.82) is 0 Å². The number of hydrogen-bond donors (Lipinski definition) is 1. The van der Waals surface area contributed by atoms with Crippen LogP contribution in [0.3, 0.4) is 0 Å². The summed E-state index contributed by atoms with van der Waals surface area (Å²) in [4.78, 5) is 16.1. The van der Waals surface area contributed by atoms with Gasteiger partial charge in [-0.05, 0) is 68.1 Å². The van der Waals surface area contributed by atoms with Gasteiger partial charge in [-0.2, -0.15) is 0 Å². The van der Waals surface area contributed by atoms with Crippen LogP contribution in [0.2, 0.25) is 0 Å². The van der Waals surface area contributed by atoms with E-state index in [1.807, 2.05) is 17.8 Å². The lowest BCUT2D eigenvalue weighted by Crippen LogP contribution is -2.38. The lowest BCUT2D eigenvalue weighted by molar-refractivity contribution is -0.121. The number of nitrogens with one attached hydrogen (secondary N) is 1. The average Bonchev–Trinajstić information content (AvgIpc) is 2.74. The van der Waals surface area contributed by atoms with E-state index in [4.69, 9.17) is 0 Å². The third-order valence-electron chi connectivity index (χ3n) is 5.59. The molecule has 3 nitrogen and oxygen atoms in total. The number of rotatable bonds is 9. The predicted molar refractivity (Wildman–Crippen MR) is 119 cm³/mol. The second kappa shape index (κ2) is 11.3. The van der Waals surface area contributed by atoms with Gasteiger partial charge in [-0.3, -0.25) is 9.69 Å². The predicted octanol–water partition coefficient (Wildman–Crippen LogP) is 4.76. The zero-order valence-electron chi connectivity index (χ0n) is 16.9. The number of carbonyl (C=O) groups excluding carboxylic acids is 1. The van der Waals surface area contributed by atoms with E-state index >= 15 is 0 Å². The monoisotopic (exact) mass is 396 g/mol. The Kier molecular flexibility index (Phi) is 8.43. The quantitative estimate of drug-likeness (QED) is 0.620. The third-order valence-corrected chi connectivity index (χ3v) is 6.43. The van der Waals surface area contributed by atoms with Crippen molar-refractivity contribution in [1.82, 2.24) is 10.2 Å². The van der Waals surface area contributed by atoms with Crippen LogP contribution in [0.5, 0.6) is 0 Å². The minimum atomic E-state index is 0.201. The normalized spacial score (nSPS) is 15.5. The van der Waals surface area contributed by atoms with Gasteiger partial charge in [0.2, 0.25) is 5.91 Å². The smallest absolute Gasteiger partial charge is 0.220 e. The number of hydrogen-bond acceptors (Lipinski definition) is 3. The maximum Gasteiger partial charge on any atom is 0.220 e. The second-order valence-electron chi connectivity index (χ2n) is 7.67. The van der Waals surface area contributed by atoms with Crippen molar-refractivity contribution in [2.45, 2.75) is 43.5 Å². The standard InChI is InChI=1S/C24H32N2OS/c1-28-23-12-6-5-11-22(23)19-26-16-14-21(15-17-26)18-25-24(27)13-7-10-20-8-3-2-4-9-20/h2-6,8-9,11-12,21H,7,10,13-19H2,1H3,(H,25,27). The zero-order chi connectivity index (χ0) is 19.6. The molecule has 4 heteroatoms. The van der Waals surface area contributed by atoms with Gasteiger partial charge >= 0.3 is 0 Å². The summed E-state index contributed by atoms with van der Waals surface area (Å²) in [5.41, 5.74) is 2.74. The molecule has 0 bridgehead atoms. The number of likely N-dealkylation sites (tertiary alicyclic amines) is 1. The van der Waals surface area contributed by atoms with Gasteiger partial charge in [0.05, 0.1) is 0 Å². The van der Waals surface area contributed by atoms with Crippen LogP contribution in [-0.4, -0.2) is 36.7 Å². The zero-order valence-corrected chi connectivity index (χ0v) is 17.7. The van der Waals surface area contributed by atoms with Crippen molar-refractivity contribution < 1.29 is 4.79 Å². The number of nitrogens with zero attached hydrogens (tertiary/aromatic N) is 1. The van der Waals surface area contributed by atoms with E-state index in [9.17, 15) is 4.79 Å². The Morgan fingerprint density at radius 2 is 1.79 bits per heavy atom. The lowest BCUT2D eigenvalue weighted by Gasteiger charge is -2.32. The van der Waals surface area contributed by atoms with Gasteiger partial charge in [0, 0.05) is 24.4 Å². The Bertz CT molecular complexity index is 726. The molecule has 0 aromatic heterocycles. The number of piperidine rings is 1. The molecule has 1 aliphatic heterocycles. The summed E-state index contributed by atoms with van der Waals surface area (Å²) in [6.07, 6.45) is 7.01. The fourth-order valence-electron chi connectivity index (χ4n) is 3.87. The van der Waals surface area contributed by atoms with Gasteiger partial charge < -0.3 is 5.32 Å². The molecule has 0 atom stereocenters. The summed E-state index contributed by atoms with van der Waals surface area (Å²) in [7, 11) is 0. The van der Waals surface area contributed by atoms with Crippen LogP contribution in [0.1, 0.15) is 36.8 Å². The number of amides is 1. The number of carbonyl (C=O) groups is 1. The molecule has 0 spiro atoms. The summed E-state index contributed by atoms with van der Waals surface area (Å²) in [5, 5.41) is 3.16. The molecule has 1 saturated heterocycles. The summed E-state index contributed by atoms with van der Waals surface area (Å²) in [5.74, 6) is 0.817. The van der Waals surface area contributed by atoms with Crippen LogP contribution >= 0.6 is 11.8 Å². The first-order chi connectivity index (χ1) is 13.7. The van der Waals surface area contributed by atoms with Crippen molar-refractivity contribution >= 4 is 17.7 Å². The van der Waals surface area contributed by atoms with Gasteiger partial charge in [0.15, 0.2) is 0 Å². The fraction of sp³-hybridized carbons (Fsp3) is 0.458. The number of aryl methyl sites for hydroxylation is 1. The Hall–Kier alpha value is -1.78. The first-order valence-electron chi connectivity index (χ1n) is 10.4. The van der Waals surface area contributed by atoms with Crippen LogP contribution in [-0.2, 0) is 17.8 Å². The Morgan fingerprint density at radius 1 is 1.07 bits per heavy atom. The molecule has 0 radical (unpaired) electrons. The molecule has 150 valence electrons. The van der Waals surface area contributed by atoms with Crippen molar-refractivity contribution in [3.05, 3.63) is 65.7 Å². The minimum Gasteiger partial charge on any atom is -0.356 e. The number of benzene rings is 2. The van der Waals surface area contributed by atoms with E-state index < -0.39 is 0 Å². The molecule has 1 fully saturated rings. The van der Waals surface area contributed by atoms with E-state index in [1.54, 1.807) is 0 Å². The average molecular weight is 397 g/mol. The van der Waals surface area contributed by atoms with Crippen molar-refractivity contribution in [2.24, 2.45) is 5.92 Å². The second-order valence-corrected chi connectivity index (χ2v) is 8.52. The molecule has 0 unspecified atom stereocenters. The Morgan fingerprint density at radius 3 is 2.54 bits per heavy atom. The Labute approximate surface area is 173 Å². The molecule has 28 heavy (non-hydrogen) atoms. The van der Waals surface area contributed by atoms with Crippen LogP contribution in [0.25, 0.3) is 0 Å². The lowest BCUT2D eigenvalue weighted by atomic mass is 9.96. The largest absolute Gasteiger partial charge is 0.356 e. The van der Waals surface area contributed by atoms with Crippen molar-refractivity contribution in [3.63, 3.8) is 0 Å². The molecule has 1 amide bonds. The molecule has 2 aromatic carbocycles. The molecule has 3 rings (SSSR count). The molecule has 2 aromatic rings. The third kappa shape index (κ3) is 6.68. The minimum absolute atomic E-state index is 0.201. The maximum atomic E-state index is 12.1. The molecular formula is C24H32N2OS. The first-order valence-corrected chi connectivity index (χ1v) is 11.6. The highest BCUT2D eigenvalue weighted by Crippen LogP contribution is 2.24. The fourth-order valence-corrected chi connectivity index (χ4v) is 4.48. The van der Waals surface area contributed by atoms with Crippen LogP contribution in [0, 0.1) is 5.92 Å². The highest BCUT2D eigenvalue weighted by Gasteiger charge is 2.20. The molecular weight excluding hydrogens is 364 g/mol.